The molecule has 0 atom stereocenters. The Morgan fingerprint density at radius 3 is 2.69 bits per heavy atom. The fourth-order valence-corrected chi connectivity index (χ4v) is 4.33. The molecule has 0 radical (unpaired) electrons. The van der Waals surface area contributed by atoms with Gasteiger partial charge in [-0.25, -0.2) is 4.98 Å². The number of para-hydroxylation sites is 1. The quantitative estimate of drug-likeness (QED) is 0.519. The van der Waals surface area contributed by atoms with Crippen LogP contribution in [-0.2, 0) is 14.3 Å². The molecule has 2 aromatic rings. The number of aromatic nitrogens is 2. The van der Waals surface area contributed by atoms with E-state index in [0.29, 0.717) is 42.4 Å². The molecule has 2 aliphatic rings. The SMILES string of the molecule is CN(CC(=O)N1CCOCC1)C(=O)CSc1nc2ccccc2c(=O)n1C1CC1. The zero-order valence-electron chi connectivity index (χ0n) is 16.4. The van der Waals surface area contributed by atoms with Crippen LogP contribution < -0.4 is 5.56 Å². The second-order valence-corrected chi connectivity index (χ2v) is 8.29. The zero-order valence-corrected chi connectivity index (χ0v) is 17.2. The summed E-state index contributed by atoms with van der Waals surface area (Å²) in [5.41, 5.74) is 0.587. The number of likely N-dealkylation sites (N-methyl/N-ethyl adjacent to an activating group) is 1. The van der Waals surface area contributed by atoms with Crippen LogP contribution >= 0.6 is 11.8 Å². The number of amides is 2. The van der Waals surface area contributed by atoms with Gasteiger partial charge in [0.1, 0.15) is 0 Å². The van der Waals surface area contributed by atoms with E-state index in [1.807, 2.05) is 18.2 Å². The van der Waals surface area contributed by atoms with Crippen LogP contribution in [0.25, 0.3) is 10.9 Å². The van der Waals surface area contributed by atoms with Crippen molar-refractivity contribution in [2.45, 2.75) is 24.0 Å². The van der Waals surface area contributed by atoms with Crippen molar-refractivity contribution >= 4 is 34.5 Å². The molecule has 8 nitrogen and oxygen atoms in total. The summed E-state index contributed by atoms with van der Waals surface area (Å²) >= 11 is 1.26. The van der Waals surface area contributed by atoms with Gasteiger partial charge in [-0.15, -0.1) is 0 Å². The predicted molar refractivity (Wildman–Crippen MR) is 110 cm³/mol. The van der Waals surface area contributed by atoms with Crippen molar-refractivity contribution in [1.82, 2.24) is 19.4 Å². The fraction of sp³-hybridized carbons (Fsp3) is 0.500. The van der Waals surface area contributed by atoms with Crippen molar-refractivity contribution in [1.29, 1.82) is 0 Å². The average Bonchev–Trinajstić information content (AvgIpc) is 3.57. The minimum Gasteiger partial charge on any atom is -0.378 e. The molecule has 0 bridgehead atoms. The summed E-state index contributed by atoms with van der Waals surface area (Å²) in [7, 11) is 1.63. The van der Waals surface area contributed by atoms with E-state index in [4.69, 9.17) is 4.74 Å². The van der Waals surface area contributed by atoms with Crippen molar-refractivity contribution < 1.29 is 14.3 Å². The lowest BCUT2D eigenvalue weighted by Gasteiger charge is -2.28. The van der Waals surface area contributed by atoms with Crippen LogP contribution in [0.1, 0.15) is 18.9 Å². The van der Waals surface area contributed by atoms with E-state index in [1.165, 1.54) is 16.7 Å². The number of benzene rings is 1. The highest BCUT2D eigenvalue weighted by atomic mass is 32.2. The Morgan fingerprint density at radius 2 is 1.97 bits per heavy atom. The van der Waals surface area contributed by atoms with Gasteiger partial charge in [0.25, 0.3) is 5.56 Å². The number of ether oxygens (including phenoxy) is 1. The maximum absolute atomic E-state index is 12.9. The van der Waals surface area contributed by atoms with E-state index in [9.17, 15) is 14.4 Å². The molecule has 0 unspecified atom stereocenters. The third kappa shape index (κ3) is 4.45. The molecule has 1 aliphatic carbocycles. The highest BCUT2D eigenvalue weighted by molar-refractivity contribution is 7.99. The Labute approximate surface area is 172 Å². The summed E-state index contributed by atoms with van der Waals surface area (Å²) in [5, 5.41) is 1.17. The van der Waals surface area contributed by atoms with Crippen LogP contribution in [0.15, 0.2) is 34.2 Å². The number of hydrogen-bond donors (Lipinski definition) is 0. The van der Waals surface area contributed by atoms with Gasteiger partial charge in [0, 0.05) is 26.2 Å². The second kappa shape index (κ2) is 8.54. The number of thioether (sulfide) groups is 1. The molecule has 154 valence electrons. The van der Waals surface area contributed by atoms with Crippen molar-refractivity contribution in [3.8, 4) is 0 Å². The van der Waals surface area contributed by atoms with Gasteiger partial charge in [0.2, 0.25) is 11.8 Å². The summed E-state index contributed by atoms with van der Waals surface area (Å²) < 4.78 is 6.97. The molecule has 1 aromatic heterocycles. The second-order valence-electron chi connectivity index (χ2n) is 7.35. The van der Waals surface area contributed by atoms with Crippen LogP contribution in [0, 0.1) is 0 Å². The third-order valence-electron chi connectivity index (χ3n) is 5.17. The van der Waals surface area contributed by atoms with E-state index in [-0.39, 0.29) is 35.7 Å². The molecule has 29 heavy (non-hydrogen) atoms. The van der Waals surface area contributed by atoms with Gasteiger partial charge >= 0.3 is 0 Å². The van der Waals surface area contributed by atoms with Crippen molar-refractivity contribution in [2.24, 2.45) is 0 Å². The van der Waals surface area contributed by atoms with Gasteiger partial charge in [0.15, 0.2) is 5.16 Å². The zero-order chi connectivity index (χ0) is 20.4. The van der Waals surface area contributed by atoms with E-state index in [2.05, 4.69) is 4.98 Å². The standard InChI is InChI=1S/C20H24N4O4S/c1-22(12-17(25)23-8-10-28-11-9-23)18(26)13-29-20-21-16-5-3-2-4-15(16)19(27)24(20)14-6-7-14/h2-5,14H,6-13H2,1H3. The Balaban J connectivity index is 1.43. The van der Waals surface area contributed by atoms with E-state index in [1.54, 1.807) is 22.6 Å². The topological polar surface area (TPSA) is 84.7 Å². The Kier molecular flexibility index (Phi) is 5.86. The first kappa shape index (κ1) is 19.9. The Bertz CT molecular complexity index is 982. The first-order valence-electron chi connectivity index (χ1n) is 9.78. The lowest BCUT2D eigenvalue weighted by molar-refractivity contribution is -0.140. The summed E-state index contributed by atoms with van der Waals surface area (Å²) in [5.74, 6) is -0.112. The fourth-order valence-electron chi connectivity index (χ4n) is 3.32. The lowest BCUT2D eigenvalue weighted by atomic mass is 10.2. The molecule has 2 amide bonds. The number of fused-ring (bicyclic) bond motifs is 1. The summed E-state index contributed by atoms with van der Waals surface area (Å²) in [6.45, 7) is 2.23. The van der Waals surface area contributed by atoms with Gasteiger partial charge in [-0.05, 0) is 25.0 Å². The normalized spacial score (nSPS) is 16.8. The van der Waals surface area contributed by atoms with Crippen molar-refractivity contribution in [3.05, 3.63) is 34.6 Å². The van der Waals surface area contributed by atoms with E-state index >= 15 is 0 Å². The van der Waals surface area contributed by atoms with Crippen LogP contribution in [0.4, 0.5) is 0 Å². The number of rotatable bonds is 6. The summed E-state index contributed by atoms with van der Waals surface area (Å²) in [4.78, 5) is 45.6. The maximum atomic E-state index is 12.9. The van der Waals surface area contributed by atoms with Crippen molar-refractivity contribution in [3.63, 3.8) is 0 Å². The minimum absolute atomic E-state index is 0.0416. The lowest BCUT2D eigenvalue weighted by Crippen LogP contribution is -2.46. The molecule has 0 N–H and O–H groups in total. The molecular formula is C20H24N4O4S. The van der Waals surface area contributed by atoms with Crippen molar-refractivity contribution in [2.75, 3.05) is 45.6 Å². The molecule has 1 saturated carbocycles. The van der Waals surface area contributed by atoms with Gasteiger partial charge in [-0.3, -0.25) is 19.0 Å². The number of hydrogen-bond acceptors (Lipinski definition) is 6. The van der Waals surface area contributed by atoms with Crippen LogP contribution in [-0.4, -0.2) is 76.8 Å². The smallest absolute Gasteiger partial charge is 0.262 e. The highest BCUT2D eigenvalue weighted by Crippen LogP contribution is 2.36. The number of carbonyl (C=O) groups is 2. The molecule has 9 heteroatoms. The molecule has 2 heterocycles. The first-order valence-corrected chi connectivity index (χ1v) is 10.8. The summed E-state index contributed by atoms with van der Waals surface area (Å²) in [6, 6.07) is 7.44. The molecule has 2 fully saturated rings. The summed E-state index contributed by atoms with van der Waals surface area (Å²) in [6.07, 6.45) is 1.91. The van der Waals surface area contributed by atoms with Gasteiger partial charge < -0.3 is 14.5 Å². The van der Waals surface area contributed by atoms with Gasteiger partial charge in [-0.1, -0.05) is 23.9 Å². The Hall–Kier alpha value is -2.39. The van der Waals surface area contributed by atoms with Gasteiger partial charge in [0.05, 0.1) is 36.4 Å². The van der Waals surface area contributed by atoms with E-state index < -0.39 is 0 Å². The molecule has 1 saturated heterocycles. The Morgan fingerprint density at radius 1 is 1.24 bits per heavy atom. The first-order chi connectivity index (χ1) is 14.0. The van der Waals surface area contributed by atoms with Crippen LogP contribution in [0.2, 0.25) is 0 Å². The molecule has 1 aromatic carbocycles. The number of carbonyl (C=O) groups excluding carboxylic acids is 2. The van der Waals surface area contributed by atoms with Crippen LogP contribution in [0.3, 0.4) is 0 Å². The average molecular weight is 417 g/mol. The minimum atomic E-state index is -0.165. The highest BCUT2D eigenvalue weighted by Gasteiger charge is 2.29. The van der Waals surface area contributed by atoms with Gasteiger partial charge in [-0.2, -0.15) is 0 Å². The van der Waals surface area contributed by atoms with E-state index in [0.717, 1.165) is 12.8 Å². The largest absolute Gasteiger partial charge is 0.378 e. The monoisotopic (exact) mass is 416 g/mol. The maximum Gasteiger partial charge on any atom is 0.262 e. The molecule has 4 rings (SSSR count). The predicted octanol–water partition coefficient (Wildman–Crippen LogP) is 1.14. The molecular weight excluding hydrogens is 392 g/mol. The molecule has 0 spiro atoms. The number of morpholine rings is 1. The number of nitrogens with zero attached hydrogens (tertiary/aromatic N) is 4. The van der Waals surface area contributed by atoms with Crippen LogP contribution in [0.5, 0.6) is 0 Å². The third-order valence-corrected chi connectivity index (χ3v) is 6.11. The molecule has 1 aliphatic heterocycles.